The highest BCUT2D eigenvalue weighted by Gasteiger charge is 2.27. The number of hydrogen-bond acceptors (Lipinski definition) is 5. The lowest BCUT2D eigenvalue weighted by atomic mass is 10.1. The molecule has 1 aromatic carbocycles. The summed E-state index contributed by atoms with van der Waals surface area (Å²) < 4.78 is 10.5. The van der Waals surface area contributed by atoms with Crippen LogP contribution in [0.25, 0.3) is 0 Å². The Kier molecular flexibility index (Phi) is 5.46. The van der Waals surface area contributed by atoms with Crippen molar-refractivity contribution in [3.8, 4) is 11.5 Å². The number of aryl methyl sites for hydroxylation is 1. The number of rotatable bonds is 4. The maximum absolute atomic E-state index is 12.8. The molecule has 0 spiro atoms. The van der Waals surface area contributed by atoms with E-state index in [1.54, 1.807) is 35.1 Å². The van der Waals surface area contributed by atoms with Gasteiger partial charge < -0.3 is 19.3 Å². The minimum atomic E-state index is -0.0939. The number of carbonyl (C=O) groups is 2. The molecule has 6 nitrogen and oxygen atoms in total. The largest absolute Gasteiger partial charge is 0.497 e. The van der Waals surface area contributed by atoms with E-state index in [2.05, 4.69) is 0 Å². The van der Waals surface area contributed by atoms with Crippen LogP contribution in [0.15, 0.2) is 30.3 Å². The second-order valence-electron chi connectivity index (χ2n) is 6.06. The molecule has 0 bridgehead atoms. The van der Waals surface area contributed by atoms with Crippen LogP contribution >= 0.6 is 11.3 Å². The Hall–Kier alpha value is -2.54. The number of hydrogen-bond donors (Lipinski definition) is 0. The highest BCUT2D eigenvalue weighted by atomic mass is 32.1. The first-order valence-corrected chi connectivity index (χ1v) is 9.22. The second kappa shape index (κ2) is 7.78. The van der Waals surface area contributed by atoms with E-state index in [1.165, 1.54) is 18.4 Å². The highest BCUT2D eigenvalue weighted by molar-refractivity contribution is 7.13. The third-order valence-electron chi connectivity index (χ3n) is 4.44. The average Bonchev–Trinajstić information content (AvgIpc) is 3.12. The van der Waals surface area contributed by atoms with Gasteiger partial charge in [-0.2, -0.15) is 0 Å². The molecule has 1 aliphatic heterocycles. The smallest absolute Gasteiger partial charge is 0.264 e. The van der Waals surface area contributed by atoms with E-state index in [1.807, 2.05) is 19.1 Å². The lowest BCUT2D eigenvalue weighted by Gasteiger charge is -2.34. The van der Waals surface area contributed by atoms with E-state index in [9.17, 15) is 9.59 Å². The number of nitrogens with zero attached hydrogens (tertiary/aromatic N) is 2. The Bertz CT molecular complexity index is 810. The summed E-state index contributed by atoms with van der Waals surface area (Å²) in [5.41, 5.74) is 0.502. The molecule has 1 aliphatic rings. The lowest BCUT2D eigenvalue weighted by molar-refractivity contribution is 0.0536. The third-order valence-corrected chi connectivity index (χ3v) is 5.43. The van der Waals surface area contributed by atoms with Crippen molar-refractivity contribution in [3.05, 3.63) is 45.6 Å². The zero-order chi connectivity index (χ0) is 18.7. The van der Waals surface area contributed by atoms with Gasteiger partial charge in [0.2, 0.25) is 0 Å². The molecule has 2 amide bonds. The number of ether oxygens (including phenoxy) is 2. The van der Waals surface area contributed by atoms with Gasteiger partial charge in [0.15, 0.2) is 0 Å². The van der Waals surface area contributed by atoms with Crippen LogP contribution in [-0.2, 0) is 0 Å². The normalized spacial score (nSPS) is 14.3. The van der Waals surface area contributed by atoms with Gasteiger partial charge >= 0.3 is 0 Å². The van der Waals surface area contributed by atoms with Crippen molar-refractivity contribution in [2.45, 2.75) is 6.92 Å². The predicted octanol–water partition coefficient (Wildman–Crippen LogP) is 2.67. The molecule has 0 atom stereocenters. The summed E-state index contributed by atoms with van der Waals surface area (Å²) in [5, 5.41) is 0. The first-order chi connectivity index (χ1) is 12.5. The molecule has 0 radical (unpaired) electrons. The molecule has 1 aromatic heterocycles. The second-order valence-corrected chi connectivity index (χ2v) is 7.35. The number of methoxy groups -OCH3 is 2. The number of benzene rings is 1. The van der Waals surface area contributed by atoms with E-state index < -0.39 is 0 Å². The molecule has 0 N–H and O–H groups in total. The third kappa shape index (κ3) is 3.67. The van der Waals surface area contributed by atoms with E-state index >= 15 is 0 Å². The van der Waals surface area contributed by atoms with Crippen LogP contribution in [0, 0.1) is 6.92 Å². The summed E-state index contributed by atoms with van der Waals surface area (Å²) in [5.74, 6) is 1.07. The molecule has 0 aliphatic carbocycles. The van der Waals surface area contributed by atoms with E-state index in [0.717, 1.165) is 9.75 Å². The SMILES string of the molecule is COc1ccc(C(=O)N2CCN(C(=O)c3ccc(C)s3)CC2)c(OC)c1. The molecule has 1 saturated heterocycles. The fourth-order valence-electron chi connectivity index (χ4n) is 2.96. The quantitative estimate of drug-likeness (QED) is 0.826. The van der Waals surface area contributed by atoms with Crippen LogP contribution in [0.4, 0.5) is 0 Å². The summed E-state index contributed by atoms with van der Waals surface area (Å²) in [4.78, 5) is 30.8. The van der Waals surface area contributed by atoms with Crippen LogP contribution in [0.5, 0.6) is 11.5 Å². The van der Waals surface area contributed by atoms with Crippen molar-refractivity contribution in [1.29, 1.82) is 0 Å². The molecule has 1 fully saturated rings. The van der Waals surface area contributed by atoms with Gasteiger partial charge in [0.1, 0.15) is 11.5 Å². The number of piperazine rings is 1. The van der Waals surface area contributed by atoms with Crippen LogP contribution < -0.4 is 9.47 Å². The topological polar surface area (TPSA) is 59.1 Å². The van der Waals surface area contributed by atoms with Crippen LogP contribution in [-0.4, -0.2) is 62.0 Å². The molecule has 3 rings (SSSR count). The van der Waals surface area contributed by atoms with Crippen molar-refractivity contribution < 1.29 is 19.1 Å². The number of amides is 2. The Balaban J connectivity index is 1.66. The van der Waals surface area contributed by atoms with Gasteiger partial charge in [0, 0.05) is 37.1 Å². The Morgan fingerprint density at radius 3 is 2.12 bits per heavy atom. The molecule has 2 aromatic rings. The number of thiophene rings is 1. The van der Waals surface area contributed by atoms with E-state index in [0.29, 0.717) is 43.2 Å². The predicted molar refractivity (Wildman–Crippen MR) is 100 cm³/mol. The van der Waals surface area contributed by atoms with Crippen molar-refractivity contribution in [1.82, 2.24) is 9.80 Å². The first kappa shape index (κ1) is 18.3. The zero-order valence-electron chi connectivity index (χ0n) is 15.2. The van der Waals surface area contributed by atoms with Crippen molar-refractivity contribution in [2.24, 2.45) is 0 Å². The van der Waals surface area contributed by atoms with Gasteiger partial charge in [-0.05, 0) is 31.2 Å². The Labute approximate surface area is 156 Å². The summed E-state index contributed by atoms with van der Waals surface area (Å²) in [6, 6.07) is 8.97. The molecule has 0 unspecified atom stereocenters. The lowest BCUT2D eigenvalue weighted by Crippen LogP contribution is -2.50. The van der Waals surface area contributed by atoms with Crippen LogP contribution in [0.2, 0.25) is 0 Å². The van der Waals surface area contributed by atoms with Gasteiger partial charge in [-0.3, -0.25) is 9.59 Å². The van der Waals surface area contributed by atoms with Gasteiger partial charge in [-0.25, -0.2) is 0 Å². The minimum absolute atomic E-state index is 0.0391. The zero-order valence-corrected chi connectivity index (χ0v) is 16.0. The molecule has 2 heterocycles. The molecular formula is C19H22N2O4S. The van der Waals surface area contributed by atoms with E-state index in [-0.39, 0.29) is 11.8 Å². The Morgan fingerprint density at radius 1 is 0.923 bits per heavy atom. The fourth-order valence-corrected chi connectivity index (χ4v) is 3.80. The maximum atomic E-state index is 12.8. The summed E-state index contributed by atoms with van der Waals surface area (Å²) in [7, 11) is 3.10. The van der Waals surface area contributed by atoms with Crippen LogP contribution in [0.1, 0.15) is 24.9 Å². The highest BCUT2D eigenvalue weighted by Crippen LogP contribution is 2.26. The van der Waals surface area contributed by atoms with Gasteiger partial charge in [0.25, 0.3) is 11.8 Å². The van der Waals surface area contributed by atoms with Crippen molar-refractivity contribution in [3.63, 3.8) is 0 Å². The number of carbonyl (C=O) groups excluding carboxylic acids is 2. The van der Waals surface area contributed by atoms with E-state index in [4.69, 9.17) is 9.47 Å². The van der Waals surface area contributed by atoms with Crippen molar-refractivity contribution in [2.75, 3.05) is 40.4 Å². The fraction of sp³-hybridized carbons (Fsp3) is 0.368. The maximum Gasteiger partial charge on any atom is 0.264 e. The monoisotopic (exact) mass is 374 g/mol. The van der Waals surface area contributed by atoms with Crippen molar-refractivity contribution >= 4 is 23.2 Å². The molecule has 0 saturated carbocycles. The van der Waals surface area contributed by atoms with Gasteiger partial charge in [0.05, 0.1) is 24.7 Å². The molecular weight excluding hydrogens is 352 g/mol. The standard InChI is InChI=1S/C19H22N2O4S/c1-13-4-7-17(26-13)19(23)21-10-8-20(9-11-21)18(22)15-6-5-14(24-2)12-16(15)25-3/h4-7,12H,8-11H2,1-3H3. The summed E-state index contributed by atoms with van der Waals surface area (Å²) in [6.45, 7) is 4.05. The molecule has 26 heavy (non-hydrogen) atoms. The summed E-state index contributed by atoms with van der Waals surface area (Å²) in [6.07, 6.45) is 0. The van der Waals surface area contributed by atoms with Gasteiger partial charge in [-0.15, -0.1) is 11.3 Å². The first-order valence-electron chi connectivity index (χ1n) is 8.40. The Morgan fingerprint density at radius 2 is 1.58 bits per heavy atom. The van der Waals surface area contributed by atoms with Gasteiger partial charge in [-0.1, -0.05) is 0 Å². The molecule has 138 valence electrons. The van der Waals surface area contributed by atoms with Crippen LogP contribution in [0.3, 0.4) is 0 Å². The summed E-state index contributed by atoms with van der Waals surface area (Å²) >= 11 is 1.50. The average molecular weight is 374 g/mol. The molecule has 7 heteroatoms. The minimum Gasteiger partial charge on any atom is -0.497 e.